The van der Waals surface area contributed by atoms with Crippen LogP contribution >= 0.6 is 70.0 Å². The molecular formula is C23H13Cl4N3OS2. The number of amides is 1. The number of fused-ring (bicyclic) bond motifs is 1. The predicted molar refractivity (Wildman–Crippen MR) is 145 cm³/mol. The zero-order chi connectivity index (χ0) is 23.5. The molecule has 0 unspecified atom stereocenters. The van der Waals surface area contributed by atoms with E-state index in [0.29, 0.717) is 36.9 Å². The highest BCUT2D eigenvalue weighted by atomic mass is 35.5. The summed E-state index contributed by atoms with van der Waals surface area (Å²) in [6.45, 7) is 0. The zero-order valence-corrected chi connectivity index (χ0v) is 21.2. The molecule has 3 aromatic carbocycles. The predicted octanol–water partition coefficient (Wildman–Crippen LogP) is 8.10. The van der Waals surface area contributed by atoms with Crippen molar-refractivity contribution in [2.75, 3.05) is 5.32 Å². The SMILES string of the molecule is O=C(/C=C/c1ccc(Cl)cc1Cl)NC(=S)Nc1c(Cl)cc(Cl)cc1-c1nc2ccccc2s1. The highest BCUT2D eigenvalue weighted by molar-refractivity contribution is 7.80. The lowest BCUT2D eigenvalue weighted by atomic mass is 10.2. The number of anilines is 1. The van der Waals surface area contributed by atoms with E-state index in [2.05, 4.69) is 15.6 Å². The highest BCUT2D eigenvalue weighted by Gasteiger charge is 2.16. The van der Waals surface area contributed by atoms with Crippen LogP contribution in [0.4, 0.5) is 5.69 Å². The number of hydrogen-bond donors (Lipinski definition) is 2. The van der Waals surface area contributed by atoms with Gasteiger partial charge in [0.25, 0.3) is 0 Å². The third-order valence-electron chi connectivity index (χ3n) is 4.43. The van der Waals surface area contributed by atoms with E-state index in [4.69, 9.17) is 58.6 Å². The molecule has 0 bridgehead atoms. The first-order valence-electron chi connectivity index (χ1n) is 9.40. The summed E-state index contributed by atoms with van der Waals surface area (Å²) in [6.07, 6.45) is 2.89. The Hall–Kier alpha value is -2.19. The average Bonchev–Trinajstić information content (AvgIpc) is 3.19. The van der Waals surface area contributed by atoms with Gasteiger partial charge in [-0.2, -0.15) is 0 Å². The number of carbonyl (C=O) groups is 1. The van der Waals surface area contributed by atoms with E-state index in [1.54, 1.807) is 36.4 Å². The second-order valence-electron chi connectivity index (χ2n) is 6.74. The molecule has 0 saturated heterocycles. The number of hydrogen-bond acceptors (Lipinski definition) is 4. The zero-order valence-electron chi connectivity index (χ0n) is 16.5. The first-order valence-corrected chi connectivity index (χ1v) is 12.1. The number of para-hydroxylation sites is 1. The Kier molecular flexibility index (Phi) is 7.54. The number of aromatic nitrogens is 1. The van der Waals surface area contributed by atoms with Crippen LogP contribution in [0.5, 0.6) is 0 Å². The molecule has 0 aliphatic rings. The molecule has 4 nitrogen and oxygen atoms in total. The number of benzene rings is 3. The average molecular weight is 553 g/mol. The summed E-state index contributed by atoms with van der Waals surface area (Å²) in [4.78, 5) is 17.0. The Morgan fingerprint density at radius 2 is 1.73 bits per heavy atom. The van der Waals surface area contributed by atoms with Crippen LogP contribution in [0.15, 0.2) is 60.7 Å². The van der Waals surface area contributed by atoms with E-state index in [0.717, 1.165) is 15.2 Å². The maximum Gasteiger partial charge on any atom is 0.250 e. The summed E-state index contributed by atoms with van der Waals surface area (Å²) in [5, 5.41) is 8.12. The normalized spacial score (nSPS) is 11.2. The number of rotatable bonds is 4. The minimum absolute atomic E-state index is 0.0680. The third kappa shape index (κ3) is 5.84. The number of carbonyl (C=O) groups excluding carboxylic acids is 1. The lowest BCUT2D eigenvalue weighted by molar-refractivity contribution is -0.115. The maximum atomic E-state index is 12.3. The molecular weight excluding hydrogens is 540 g/mol. The van der Waals surface area contributed by atoms with Gasteiger partial charge in [-0.25, -0.2) is 4.98 Å². The van der Waals surface area contributed by atoms with Gasteiger partial charge >= 0.3 is 0 Å². The third-order valence-corrected chi connectivity index (χ3v) is 6.78. The second-order valence-corrected chi connectivity index (χ2v) is 9.87. The van der Waals surface area contributed by atoms with Crippen LogP contribution in [-0.2, 0) is 4.79 Å². The van der Waals surface area contributed by atoms with Crippen molar-refractivity contribution in [2.45, 2.75) is 0 Å². The number of thiazole rings is 1. The van der Waals surface area contributed by atoms with Crippen LogP contribution < -0.4 is 10.6 Å². The minimum atomic E-state index is -0.440. The van der Waals surface area contributed by atoms with E-state index in [1.165, 1.54) is 17.4 Å². The van der Waals surface area contributed by atoms with Gasteiger partial charge in [-0.15, -0.1) is 11.3 Å². The molecule has 0 spiro atoms. The maximum absolute atomic E-state index is 12.3. The van der Waals surface area contributed by atoms with E-state index in [-0.39, 0.29) is 5.11 Å². The van der Waals surface area contributed by atoms with Crippen LogP contribution in [0.2, 0.25) is 20.1 Å². The fraction of sp³-hybridized carbons (Fsp3) is 0. The van der Waals surface area contributed by atoms with Crippen molar-refractivity contribution >= 4 is 103 Å². The molecule has 166 valence electrons. The van der Waals surface area contributed by atoms with Crippen LogP contribution in [0.25, 0.3) is 26.9 Å². The summed E-state index contributed by atoms with van der Waals surface area (Å²) >= 11 is 31.5. The minimum Gasteiger partial charge on any atom is -0.331 e. The second kappa shape index (κ2) is 10.4. The smallest absolute Gasteiger partial charge is 0.250 e. The topological polar surface area (TPSA) is 54.0 Å². The summed E-state index contributed by atoms with van der Waals surface area (Å²) in [6, 6.07) is 16.1. The molecule has 10 heteroatoms. The summed E-state index contributed by atoms with van der Waals surface area (Å²) in [5.74, 6) is -0.440. The van der Waals surface area contributed by atoms with Gasteiger partial charge in [0.1, 0.15) is 5.01 Å². The molecule has 0 aliphatic heterocycles. The van der Waals surface area contributed by atoms with Gasteiger partial charge in [0.05, 0.1) is 20.9 Å². The van der Waals surface area contributed by atoms with Gasteiger partial charge in [0.15, 0.2) is 5.11 Å². The highest BCUT2D eigenvalue weighted by Crippen LogP contribution is 2.40. The molecule has 0 aliphatic carbocycles. The molecule has 1 heterocycles. The van der Waals surface area contributed by atoms with Gasteiger partial charge in [-0.1, -0.05) is 64.6 Å². The van der Waals surface area contributed by atoms with Crippen molar-refractivity contribution in [1.29, 1.82) is 0 Å². The van der Waals surface area contributed by atoms with Crippen LogP contribution in [0.1, 0.15) is 5.56 Å². The van der Waals surface area contributed by atoms with Crippen molar-refractivity contribution in [3.05, 3.63) is 86.3 Å². The van der Waals surface area contributed by atoms with Gasteiger partial charge in [0, 0.05) is 26.7 Å². The molecule has 4 aromatic rings. The summed E-state index contributed by atoms with van der Waals surface area (Å²) in [7, 11) is 0. The molecule has 33 heavy (non-hydrogen) atoms. The number of nitrogens with one attached hydrogen (secondary N) is 2. The van der Waals surface area contributed by atoms with E-state index < -0.39 is 5.91 Å². The lowest BCUT2D eigenvalue weighted by Crippen LogP contribution is -2.33. The summed E-state index contributed by atoms with van der Waals surface area (Å²) in [5.41, 5.74) is 2.68. The van der Waals surface area contributed by atoms with Crippen LogP contribution in [-0.4, -0.2) is 16.0 Å². The van der Waals surface area contributed by atoms with Gasteiger partial charge in [0.2, 0.25) is 5.91 Å². The lowest BCUT2D eigenvalue weighted by Gasteiger charge is -2.14. The number of thiocarbonyl (C=S) groups is 1. The number of halogens is 4. The fourth-order valence-electron chi connectivity index (χ4n) is 2.96. The Labute approximate surface area is 219 Å². The quantitative estimate of drug-likeness (QED) is 0.198. The molecule has 0 atom stereocenters. The number of nitrogens with zero attached hydrogens (tertiary/aromatic N) is 1. The first kappa shape index (κ1) is 24.0. The Bertz CT molecular complexity index is 1390. The molecule has 4 rings (SSSR count). The van der Waals surface area contributed by atoms with Crippen LogP contribution in [0.3, 0.4) is 0 Å². The summed E-state index contributed by atoms with van der Waals surface area (Å²) < 4.78 is 1.02. The standard InChI is InChI=1S/C23H13Cl4N3OS2/c24-13-7-5-12(16(26)10-13)6-8-20(31)29-23(32)30-21-15(9-14(25)11-17(21)27)22-28-18-3-1-2-4-19(18)33-22/h1-11H,(H2,29,30,31,32)/b8-6+. The molecule has 0 radical (unpaired) electrons. The Balaban J connectivity index is 1.54. The molecule has 0 saturated carbocycles. The largest absolute Gasteiger partial charge is 0.331 e. The molecule has 1 aromatic heterocycles. The molecule has 0 fully saturated rings. The van der Waals surface area contributed by atoms with Crippen LogP contribution in [0, 0.1) is 0 Å². The van der Waals surface area contributed by atoms with Crippen molar-refractivity contribution in [3.63, 3.8) is 0 Å². The first-order chi connectivity index (χ1) is 15.8. The van der Waals surface area contributed by atoms with E-state index >= 15 is 0 Å². The van der Waals surface area contributed by atoms with Crippen molar-refractivity contribution < 1.29 is 4.79 Å². The molecule has 2 N–H and O–H groups in total. The van der Waals surface area contributed by atoms with Crippen molar-refractivity contribution in [2.24, 2.45) is 0 Å². The van der Waals surface area contributed by atoms with Crippen molar-refractivity contribution in [1.82, 2.24) is 10.3 Å². The monoisotopic (exact) mass is 551 g/mol. The van der Waals surface area contributed by atoms with Gasteiger partial charge < -0.3 is 5.32 Å². The molecule has 1 amide bonds. The van der Waals surface area contributed by atoms with E-state index in [9.17, 15) is 4.79 Å². The van der Waals surface area contributed by atoms with Gasteiger partial charge in [-0.05, 0) is 60.3 Å². The van der Waals surface area contributed by atoms with E-state index in [1.807, 2.05) is 24.3 Å². The van der Waals surface area contributed by atoms with Crippen molar-refractivity contribution in [3.8, 4) is 10.6 Å². The van der Waals surface area contributed by atoms with Gasteiger partial charge in [-0.3, -0.25) is 10.1 Å². The Morgan fingerprint density at radius 3 is 2.48 bits per heavy atom. The Morgan fingerprint density at radius 1 is 0.970 bits per heavy atom. The fourth-order valence-corrected chi connectivity index (χ4v) is 5.16.